The third kappa shape index (κ3) is 5.99. The maximum atomic E-state index is 11.9. The summed E-state index contributed by atoms with van der Waals surface area (Å²) in [7, 11) is 1.63. The van der Waals surface area contributed by atoms with Gasteiger partial charge >= 0.3 is 0 Å². The van der Waals surface area contributed by atoms with Gasteiger partial charge in [-0.1, -0.05) is 6.92 Å². The molecule has 112 valence electrons. The van der Waals surface area contributed by atoms with E-state index >= 15 is 0 Å². The van der Waals surface area contributed by atoms with Crippen molar-refractivity contribution in [3.8, 4) is 0 Å². The van der Waals surface area contributed by atoms with E-state index in [2.05, 4.69) is 10.3 Å². The molecular formula is C14H23N3O3. The Morgan fingerprint density at radius 2 is 2.15 bits per heavy atom. The number of carbonyl (C=O) groups excluding carboxylic acids is 1. The third-order valence-electron chi connectivity index (χ3n) is 2.71. The number of nitrogens with two attached hydrogens (primary N) is 1. The molecule has 20 heavy (non-hydrogen) atoms. The number of hydrogen-bond donors (Lipinski definition) is 2. The van der Waals surface area contributed by atoms with Gasteiger partial charge in [-0.15, -0.1) is 0 Å². The number of nitrogens with zero attached hydrogens (tertiary/aromatic N) is 1. The van der Waals surface area contributed by atoms with E-state index in [4.69, 9.17) is 15.2 Å². The number of carbonyl (C=O) groups is 1. The lowest BCUT2D eigenvalue weighted by molar-refractivity contribution is 0.0688. The van der Waals surface area contributed by atoms with E-state index < -0.39 is 0 Å². The summed E-state index contributed by atoms with van der Waals surface area (Å²) in [5.41, 5.74) is 7.04. The predicted molar refractivity (Wildman–Crippen MR) is 77.7 cm³/mol. The number of rotatable bonds is 9. The van der Waals surface area contributed by atoms with Gasteiger partial charge in [0, 0.05) is 31.5 Å². The first-order chi connectivity index (χ1) is 9.67. The fourth-order valence-electron chi connectivity index (χ4n) is 1.65. The zero-order chi connectivity index (χ0) is 14.8. The van der Waals surface area contributed by atoms with Gasteiger partial charge in [0.25, 0.3) is 5.91 Å². The molecular weight excluding hydrogens is 258 g/mol. The lowest BCUT2D eigenvalue weighted by Gasteiger charge is -2.07. The van der Waals surface area contributed by atoms with E-state index in [0.29, 0.717) is 37.7 Å². The standard InChI is InChI=1S/C14H23N3O3/c1-3-12-9-11(10-13(15)17-12)14(18)16-5-4-6-20-8-7-19-2/h9-10H,3-8H2,1-2H3,(H2,15,17)(H,16,18). The number of hydrogen-bond acceptors (Lipinski definition) is 5. The molecule has 0 saturated carbocycles. The van der Waals surface area contributed by atoms with Crippen LogP contribution in [0, 0.1) is 0 Å². The van der Waals surface area contributed by atoms with Crippen LogP contribution in [0.3, 0.4) is 0 Å². The highest BCUT2D eigenvalue weighted by atomic mass is 16.5. The molecule has 1 heterocycles. The van der Waals surface area contributed by atoms with Crippen LogP contribution in [0.15, 0.2) is 12.1 Å². The smallest absolute Gasteiger partial charge is 0.251 e. The monoisotopic (exact) mass is 281 g/mol. The van der Waals surface area contributed by atoms with Crippen LogP contribution >= 0.6 is 0 Å². The van der Waals surface area contributed by atoms with Crippen LogP contribution in [0.2, 0.25) is 0 Å². The first-order valence-corrected chi connectivity index (χ1v) is 6.78. The molecule has 6 heteroatoms. The Labute approximate surface area is 119 Å². The molecule has 0 aliphatic rings. The van der Waals surface area contributed by atoms with Crippen LogP contribution in [0.4, 0.5) is 5.82 Å². The number of anilines is 1. The summed E-state index contributed by atoms with van der Waals surface area (Å²) in [6.45, 7) is 4.30. The van der Waals surface area contributed by atoms with Crippen LogP contribution in [0.1, 0.15) is 29.4 Å². The zero-order valence-corrected chi connectivity index (χ0v) is 12.1. The first kappa shape index (κ1) is 16.4. The van der Waals surface area contributed by atoms with Gasteiger partial charge in [-0.3, -0.25) is 4.79 Å². The molecule has 0 unspecified atom stereocenters. The Morgan fingerprint density at radius 3 is 2.85 bits per heavy atom. The quantitative estimate of drug-likeness (QED) is 0.660. The summed E-state index contributed by atoms with van der Waals surface area (Å²) in [4.78, 5) is 16.1. The Kier molecular flexibility index (Phi) is 7.60. The van der Waals surface area contributed by atoms with Gasteiger partial charge in [0.2, 0.25) is 0 Å². The Morgan fingerprint density at radius 1 is 1.35 bits per heavy atom. The second-order valence-electron chi connectivity index (χ2n) is 4.34. The van der Waals surface area contributed by atoms with Crippen molar-refractivity contribution in [3.05, 3.63) is 23.4 Å². The molecule has 0 radical (unpaired) electrons. The topological polar surface area (TPSA) is 86.5 Å². The molecule has 0 saturated heterocycles. The summed E-state index contributed by atoms with van der Waals surface area (Å²) in [5, 5.41) is 2.83. The maximum Gasteiger partial charge on any atom is 0.251 e. The maximum absolute atomic E-state index is 11.9. The first-order valence-electron chi connectivity index (χ1n) is 6.78. The van der Waals surface area contributed by atoms with Crippen molar-refractivity contribution in [2.24, 2.45) is 0 Å². The van der Waals surface area contributed by atoms with Crippen LogP contribution < -0.4 is 11.1 Å². The number of nitrogen functional groups attached to an aromatic ring is 1. The van der Waals surface area contributed by atoms with E-state index in [1.54, 1.807) is 19.2 Å². The fourth-order valence-corrected chi connectivity index (χ4v) is 1.65. The fraction of sp³-hybridized carbons (Fsp3) is 0.571. The summed E-state index contributed by atoms with van der Waals surface area (Å²) >= 11 is 0. The molecule has 3 N–H and O–H groups in total. The number of methoxy groups -OCH3 is 1. The largest absolute Gasteiger partial charge is 0.384 e. The van der Waals surface area contributed by atoms with Crippen molar-refractivity contribution in [3.63, 3.8) is 0 Å². The highest BCUT2D eigenvalue weighted by molar-refractivity contribution is 5.94. The van der Waals surface area contributed by atoms with Crippen molar-refractivity contribution in [2.75, 3.05) is 39.2 Å². The van der Waals surface area contributed by atoms with Crippen LogP contribution in [-0.2, 0) is 15.9 Å². The van der Waals surface area contributed by atoms with Crippen LogP contribution in [0.25, 0.3) is 0 Å². The van der Waals surface area contributed by atoms with Gasteiger partial charge in [0.1, 0.15) is 5.82 Å². The van der Waals surface area contributed by atoms with E-state index in [1.165, 1.54) is 0 Å². The number of pyridine rings is 1. The minimum Gasteiger partial charge on any atom is -0.384 e. The molecule has 0 bridgehead atoms. The Bertz CT molecular complexity index is 424. The average Bonchev–Trinajstić information content (AvgIpc) is 2.45. The average molecular weight is 281 g/mol. The molecule has 6 nitrogen and oxygen atoms in total. The van der Waals surface area contributed by atoms with Crippen LogP contribution in [0.5, 0.6) is 0 Å². The molecule has 0 atom stereocenters. The highest BCUT2D eigenvalue weighted by Gasteiger charge is 2.07. The van der Waals surface area contributed by atoms with Gasteiger partial charge in [-0.2, -0.15) is 0 Å². The van der Waals surface area contributed by atoms with Gasteiger partial charge in [-0.25, -0.2) is 4.98 Å². The molecule has 0 aliphatic carbocycles. The van der Waals surface area contributed by atoms with E-state index in [1.807, 2.05) is 6.92 Å². The lowest BCUT2D eigenvalue weighted by atomic mass is 10.2. The van der Waals surface area contributed by atoms with E-state index in [0.717, 1.165) is 18.5 Å². The molecule has 0 spiro atoms. The molecule has 0 aliphatic heterocycles. The molecule has 1 rings (SSSR count). The van der Waals surface area contributed by atoms with Gasteiger partial charge in [0.05, 0.1) is 13.2 Å². The number of aryl methyl sites for hydroxylation is 1. The van der Waals surface area contributed by atoms with Gasteiger partial charge in [0.15, 0.2) is 0 Å². The van der Waals surface area contributed by atoms with Crippen molar-refractivity contribution >= 4 is 11.7 Å². The molecule has 1 aromatic heterocycles. The van der Waals surface area contributed by atoms with Crippen molar-refractivity contribution in [2.45, 2.75) is 19.8 Å². The van der Waals surface area contributed by atoms with Crippen molar-refractivity contribution in [1.29, 1.82) is 0 Å². The zero-order valence-electron chi connectivity index (χ0n) is 12.1. The summed E-state index contributed by atoms with van der Waals surface area (Å²) < 4.78 is 10.2. The number of amides is 1. The molecule has 1 aromatic rings. The predicted octanol–water partition coefficient (Wildman–Crippen LogP) is 1.01. The second-order valence-corrected chi connectivity index (χ2v) is 4.34. The van der Waals surface area contributed by atoms with E-state index in [9.17, 15) is 4.79 Å². The van der Waals surface area contributed by atoms with Crippen molar-refractivity contribution in [1.82, 2.24) is 10.3 Å². The normalized spacial score (nSPS) is 10.5. The van der Waals surface area contributed by atoms with Crippen LogP contribution in [-0.4, -0.2) is 44.4 Å². The van der Waals surface area contributed by atoms with Gasteiger partial charge in [-0.05, 0) is 25.0 Å². The summed E-state index contributed by atoms with van der Waals surface area (Å²) in [6.07, 6.45) is 1.51. The number of aromatic nitrogens is 1. The SMILES string of the molecule is CCc1cc(C(=O)NCCCOCCOC)cc(N)n1. The minimum absolute atomic E-state index is 0.134. The van der Waals surface area contributed by atoms with E-state index in [-0.39, 0.29) is 5.91 Å². The van der Waals surface area contributed by atoms with Crippen molar-refractivity contribution < 1.29 is 14.3 Å². The second kappa shape index (κ2) is 9.28. The Balaban J connectivity index is 2.30. The molecule has 0 fully saturated rings. The third-order valence-corrected chi connectivity index (χ3v) is 2.71. The summed E-state index contributed by atoms with van der Waals surface area (Å²) in [5.74, 6) is 0.239. The minimum atomic E-state index is -0.134. The van der Waals surface area contributed by atoms with Gasteiger partial charge < -0.3 is 20.5 Å². The number of ether oxygens (including phenoxy) is 2. The molecule has 0 aromatic carbocycles. The highest BCUT2D eigenvalue weighted by Crippen LogP contribution is 2.08. The lowest BCUT2D eigenvalue weighted by Crippen LogP contribution is -2.25. The summed E-state index contributed by atoms with van der Waals surface area (Å²) in [6, 6.07) is 3.35. The number of nitrogens with one attached hydrogen (secondary N) is 1. The Hall–Kier alpha value is -1.66. The molecule has 1 amide bonds.